The highest BCUT2D eigenvalue weighted by Gasteiger charge is 2.22. The maximum Gasteiger partial charge on any atom is 0.161 e. The Morgan fingerprint density at radius 2 is 1.33 bits per heavy atom. The smallest absolute Gasteiger partial charge is 0.161 e. The summed E-state index contributed by atoms with van der Waals surface area (Å²) < 4.78 is 9.87. The highest BCUT2D eigenvalue weighted by molar-refractivity contribution is 9.10. The minimum absolute atomic E-state index is 0.930. The van der Waals surface area contributed by atoms with Crippen molar-refractivity contribution in [2.45, 2.75) is 0 Å². The van der Waals surface area contributed by atoms with Crippen LogP contribution in [0.4, 0.5) is 0 Å². The van der Waals surface area contributed by atoms with Gasteiger partial charge in [0.1, 0.15) is 11.1 Å². The number of para-hydroxylation sites is 2. The number of hydrogen-bond donors (Lipinski definition) is 0. The van der Waals surface area contributed by atoms with Crippen LogP contribution in [0, 0.1) is 0 Å². The maximum absolute atomic E-state index is 6.43. The lowest BCUT2D eigenvalue weighted by molar-refractivity contribution is 0.673. The summed E-state index contributed by atoms with van der Waals surface area (Å²) in [5.41, 5.74) is 5.45. The van der Waals surface area contributed by atoms with E-state index in [2.05, 4.69) is 93.1 Å². The molecule has 0 unspecified atom stereocenters. The van der Waals surface area contributed by atoms with Gasteiger partial charge >= 0.3 is 0 Å². The van der Waals surface area contributed by atoms with Gasteiger partial charge in [0.15, 0.2) is 5.58 Å². The van der Waals surface area contributed by atoms with E-state index in [-0.39, 0.29) is 0 Å². The summed E-state index contributed by atoms with van der Waals surface area (Å²) in [5.74, 6) is 0. The monoisotopic (exact) mass is 409 g/mol. The Morgan fingerprint density at radius 3 is 2.19 bits per heavy atom. The first kappa shape index (κ1) is 14.1. The lowest BCUT2D eigenvalue weighted by Crippen LogP contribution is -1.83. The summed E-state index contributed by atoms with van der Waals surface area (Å²) >= 11 is 3.77. The molecule has 0 fully saturated rings. The topological polar surface area (TPSA) is 17.6 Å². The van der Waals surface area contributed by atoms with Crippen LogP contribution in [-0.4, -0.2) is 4.40 Å². The SMILES string of the molecule is Brc1cc2oc3c4ccccc4n4c5ccccc5c5cccc1c5c2c34. The number of benzene rings is 4. The second-order valence-electron chi connectivity index (χ2n) is 7.11. The maximum atomic E-state index is 6.43. The van der Waals surface area contributed by atoms with Crippen molar-refractivity contribution in [3.05, 3.63) is 77.3 Å². The van der Waals surface area contributed by atoms with Crippen molar-refractivity contribution in [1.82, 2.24) is 4.40 Å². The van der Waals surface area contributed by atoms with Crippen molar-refractivity contribution in [1.29, 1.82) is 0 Å². The van der Waals surface area contributed by atoms with Crippen molar-refractivity contribution in [3.63, 3.8) is 0 Å². The number of fused-ring (bicyclic) bond motifs is 6. The Hall–Kier alpha value is -3.04. The molecule has 0 saturated carbocycles. The molecule has 7 aromatic rings. The van der Waals surface area contributed by atoms with Crippen LogP contribution in [-0.2, 0) is 0 Å². The molecule has 0 bridgehead atoms. The van der Waals surface area contributed by atoms with Gasteiger partial charge < -0.3 is 8.82 Å². The summed E-state index contributed by atoms with van der Waals surface area (Å²) in [6.45, 7) is 0. The Morgan fingerprint density at radius 1 is 0.667 bits per heavy atom. The van der Waals surface area contributed by atoms with Gasteiger partial charge in [-0.15, -0.1) is 0 Å². The van der Waals surface area contributed by atoms with Gasteiger partial charge in [0, 0.05) is 20.6 Å². The number of aromatic nitrogens is 1. The molecule has 0 amide bonds. The van der Waals surface area contributed by atoms with Gasteiger partial charge in [-0.25, -0.2) is 0 Å². The molecule has 0 N–H and O–H groups in total. The number of halogens is 1. The predicted octanol–water partition coefficient (Wildman–Crippen LogP) is 7.50. The van der Waals surface area contributed by atoms with E-state index in [1.807, 2.05) is 0 Å². The largest absolute Gasteiger partial charge is 0.454 e. The van der Waals surface area contributed by atoms with Crippen LogP contribution in [0.1, 0.15) is 0 Å². The Bertz CT molecular complexity index is 1690. The van der Waals surface area contributed by atoms with E-state index in [0.29, 0.717) is 0 Å². The average molecular weight is 410 g/mol. The van der Waals surface area contributed by atoms with Crippen molar-refractivity contribution < 1.29 is 4.42 Å². The first-order valence-electron chi connectivity index (χ1n) is 8.99. The summed E-state index contributed by atoms with van der Waals surface area (Å²) in [5, 5.41) is 7.34. The lowest BCUT2D eigenvalue weighted by atomic mass is 10.0. The fourth-order valence-electron chi connectivity index (χ4n) is 4.74. The number of rotatable bonds is 0. The first-order valence-corrected chi connectivity index (χ1v) is 9.79. The molecule has 2 nitrogen and oxygen atoms in total. The molecule has 3 aromatic heterocycles. The van der Waals surface area contributed by atoms with Gasteiger partial charge in [0.2, 0.25) is 0 Å². The molecule has 0 aliphatic carbocycles. The van der Waals surface area contributed by atoms with Gasteiger partial charge in [-0.1, -0.05) is 64.5 Å². The summed E-state index contributed by atoms with van der Waals surface area (Å²) in [4.78, 5) is 0. The van der Waals surface area contributed by atoms with Crippen LogP contribution < -0.4 is 0 Å². The summed E-state index contributed by atoms with van der Waals surface area (Å²) in [6.07, 6.45) is 0. The Balaban J connectivity index is 2.06. The van der Waals surface area contributed by atoms with Crippen LogP contribution in [0.3, 0.4) is 0 Å². The minimum atomic E-state index is 0.930. The molecule has 27 heavy (non-hydrogen) atoms. The number of hydrogen-bond acceptors (Lipinski definition) is 1. The van der Waals surface area contributed by atoms with E-state index < -0.39 is 0 Å². The van der Waals surface area contributed by atoms with Crippen LogP contribution >= 0.6 is 15.9 Å². The normalized spacial score (nSPS) is 12.6. The molecular weight excluding hydrogens is 398 g/mol. The second kappa shape index (κ2) is 4.62. The van der Waals surface area contributed by atoms with E-state index >= 15 is 0 Å². The van der Waals surface area contributed by atoms with E-state index in [4.69, 9.17) is 4.42 Å². The van der Waals surface area contributed by atoms with Gasteiger partial charge in [-0.05, 0) is 35.0 Å². The van der Waals surface area contributed by atoms with E-state index in [0.717, 1.165) is 21.0 Å². The predicted molar refractivity (Wildman–Crippen MR) is 116 cm³/mol. The fraction of sp³-hybridized carbons (Fsp3) is 0. The van der Waals surface area contributed by atoms with E-state index in [9.17, 15) is 0 Å². The zero-order chi connectivity index (χ0) is 17.7. The van der Waals surface area contributed by atoms with Crippen molar-refractivity contribution >= 4 is 76.0 Å². The Labute approximate surface area is 162 Å². The van der Waals surface area contributed by atoms with Crippen LogP contribution in [0.25, 0.3) is 60.0 Å². The lowest BCUT2D eigenvalue weighted by Gasteiger charge is -2.04. The van der Waals surface area contributed by atoms with Crippen molar-refractivity contribution in [2.75, 3.05) is 0 Å². The third-order valence-electron chi connectivity index (χ3n) is 5.79. The highest BCUT2D eigenvalue weighted by atomic mass is 79.9. The first-order chi connectivity index (χ1) is 13.3. The standard InChI is InChI=1S/C24H12BrNO/c25-17-12-20-22-21-14(8-5-9-15(17)21)13-6-1-3-10-18(13)26-19-11-4-2-7-16(19)24(27-20)23(22)26/h1-12H. The Kier molecular flexibility index (Phi) is 2.41. The van der Waals surface area contributed by atoms with Gasteiger partial charge in [-0.2, -0.15) is 0 Å². The van der Waals surface area contributed by atoms with Crippen molar-refractivity contribution in [2.24, 2.45) is 0 Å². The second-order valence-corrected chi connectivity index (χ2v) is 7.96. The molecule has 0 spiro atoms. The third kappa shape index (κ3) is 1.54. The molecular formula is C24H12BrNO. The molecule has 3 heterocycles. The molecule has 4 aromatic carbocycles. The quantitative estimate of drug-likeness (QED) is 0.253. The van der Waals surface area contributed by atoms with E-state index in [1.165, 1.54) is 43.5 Å². The molecule has 0 aliphatic heterocycles. The highest BCUT2D eigenvalue weighted by Crippen LogP contribution is 2.46. The molecule has 7 rings (SSSR count). The molecule has 0 radical (unpaired) electrons. The number of furan rings is 1. The van der Waals surface area contributed by atoms with Crippen LogP contribution in [0.2, 0.25) is 0 Å². The minimum Gasteiger partial charge on any atom is -0.454 e. The molecule has 0 atom stereocenters. The fourth-order valence-corrected chi connectivity index (χ4v) is 5.28. The van der Waals surface area contributed by atoms with Crippen molar-refractivity contribution in [3.8, 4) is 0 Å². The van der Waals surface area contributed by atoms with E-state index in [1.54, 1.807) is 0 Å². The summed E-state index contributed by atoms with van der Waals surface area (Å²) in [6, 6.07) is 25.8. The molecule has 0 aliphatic rings. The van der Waals surface area contributed by atoms with Crippen LogP contribution in [0.15, 0.2) is 81.7 Å². The van der Waals surface area contributed by atoms with Crippen LogP contribution in [0.5, 0.6) is 0 Å². The third-order valence-corrected chi connectivity index (χ3v) is 6.44. The van der Waals surface area contributed by atoms with Gasteiger partial charge in [0.25, 0.3) is 0 Å². The molecule has 3 heteroatoms. The van der Waals surface area contributed by atoms with Gasteiger partial charge in [-0.3, -0.25) is 0 Å². The number of nitrogens with zero attached hydrogens (tertiary/aromatic N) is 1. The van der Waals surface area contributed by atoms with Gasteiger partial charge in [0.05, 0.1) is 16.4 Å². The zero-order valence-corrected chi connectivity index (χ0v) is 15.7. The molecule has 0 saturated heterocycles. The summed E-state index contributed by atoms with van der Waals surface area (Å²) in [7, 11) is 0. The molecule has 126 valence electrons. The average Bonchev–Trinajstić information content (AvgIpc) is 3.17. The zero-order valence-electron chi connectivity index (χ0n) is 14.2.